The van der Waals surface area contributed by atoms with Gasteiger partial charge in [0.05, 0.1) is 5.69 Å². The molecule has 0 fully saturated rings. The van der Waals surface area contributed by atoms with Crippen molar-refractivity contribution in [2.45, 2.75) is 19.5 Å². The van der Waals surface area contributed by atoms with Crippen molar-refractivity contribution in [3.63, 3.8) is 0 Å². The van der Waals surface area contributed by atoms with E-state index in [-0.39, 0.29) is 0 Å². The molecular formula is C17H18BrN3. The highest BCUT2D eigenvalue weighted by atomic mass is 79.9. The highest BCUT2D eigenvalue weighted by Crippen LogP contribution is 2.15. The molecule has 0 bridgehead atoms. The third-order valence-electron chi connectivity index (χ3n) is 3.51. The van der Waals surface area contributed by atoms with Crippen molar-refractivity contribution in [1.29, 1.82) is 0 Å². The first-order valence-electron chi connectivity index (χ1n) is 7.19. The van der Waals surface area contributed by atoms with E-state index in [9.17, 15) is 0 Å². The average molecular weight is 344 g/mol. The van der Waals surface area contributed by atoms with Crippen molar-refractivity contribution in [3.8, 4) is 0 Å². The monoisotopic (exact) mass is 343 g/mol. The second-order valence-corrected chi connectivity index (χ2v) is 5.86. The Morgan fingerprint density at radius 1 is 1.05 bits per heavy atom. The smallest absolute Gasteiger partial charge is 0.106 e. The fourth-order valence-electron chi connectivity index (χ4n) is 2.48. The molecule has 21 heavy (non-hydrogen) atoms. The largest absolute Gasteiger partial charge is 0.347 e. The van der Waals surface area contributed by atoms with E-state index in [1.165, 1.54) is 10.9 Å². The Morgan fingerprint density at radius 2 is 1.95 bits per heavy atom. The van der Waals surface area contributed by atoms with Crippen molar-refractivity contribution in [1.82, 2.24) is 14.9 Å². The van der Waals surface area contributed by atoms with Crippen LogP contribution in [0.25, 0.3) is 10.9 Å². The van der Waals surface area contributed by atoms with E-state index in [1.807, 2.05) is 18.2 Å². The van der Waals surface area contributed by atoms with Gasteiger partial charge in [-0.1, -0.05) is 24.3 Å². The minimum absolute atomic E-state index is 0.811. The Morgan fingerprint density at radius 3 is 2.86 bits per heavy atom. The summed E-state index contributed by atoms with van der Waals surface area (Å²) in [5.74, 6) is 0. The summed E-state index contributed by atoms with van der Waals surface area (Å²) in [6.45, 7) is 2.83. The lowest BCUT2D eigenvalue weighted by molar-refractivity contribution is 0.586. The fourth-order valence-corrected chi connectivity index (χ4v) is 2.86. The summed E-state index contributed by atoms with van der Waals surface area (Å²) >= 11 is 3.39. The third-order valence-corrected chi connectivity index (χ3v) is 3.95. The number of halogens is 1. The van der Waals surface area contributed by atoms with Crippen LogP contribution in [0, 0.1) is 0 Å². The van der Waals surface area contributed by atoms with E-state index in [4.69, 9.17) is 0 Å². The van der Waals surface area contributed by atoms with Crippen LogP contribution < -0.4 is 5.32 Å². The molecule has 0 amide bonds. The molecule has 0 aliphatic heterocycles. The Labute approximate surface area is 133 Å². The minimum Gasteiger partial charge on any atom is -0.347 e. The molecule has 0 radical (unpaired) electrons. The number of nitrogens with zero attached hydrogens (tertiary/aromatic N) is 2. The maximum absolute atomic E-state index is 4.41. The number of nitrogens with one attached hydrogen (secondary N) is 1. The van der Waals surface area contributed by atoms with Crippen LogP contribution in [-0.4, -0.2) is 16.1 Å². The second kappa shape index (κ2) is 6.87. The number of fused-ring (bicyclic) bond motifs is 1. The molecule has 0 saturated carbocycles. The number of pyridine rings is 1. The zero-order chi connectivity index (χ0) is 14.5. The number of benzene rings is 1. The number of hydrogen-bond acceptors (Lipinski definition) is 2. The van der Waals surface area contributed by atoms with Crippen LogP contribution in [0.3, 0.4) is 0 Å². The lowest BCUT2D eigenvalue weighted by Gasteiger charge is -2.07. The summed E-state index contributed by atoms with van der Waals surface area (Å²) in [6.07, 6.45) is 3.27. The van der Waals surface area contributed by atoms with Crippen LogP contribution >= 0.6 is 15.9 Å². The molecule has 0 saturated heterocycles. The van der Waals surface area contributed by atoms with Crippen molar-refractivity contribution < 1.29 is 0 Å². The van der Waals surface area contributed by atoms with Crippen LogP contribution in [0.5, 0.6) is 0 Å². The minimum atomic E-state index is 0.811. The number of para-hydroxylation sites is 1. The van der Waals surface area contributed by atoms with Gasteiger partial charge >= 0.3 is 0 Å². The molecule has 0 spiro atoms. The van der Waals surface area contributed by atoms with Gasteiger partial charge in [0.25, 0.3) is 0 Å². The Bertz CT molecular complexity index is 721. The maximum Gasteiger partial charge on any atom is 0.106 e. The van der Waals surface area contributed by atoms with Gasteiger partial charge in [0.2, 0.25) is 0 Å². The summed E-state index contributed by atoms with van der Waals surface area (Å²) in [5.41, 5.74) is 2.38. The van der Waals surface area contributed by atoms with E-state index in [0.29, 0.717) is 0 Å². The zero-order valence-electron chi connectivity index (χ0n) is 11.8. The van der Waals surface area contributed by atoms with Crippen molar-refractivity contribution in [2.75, 3.05) is 6.54 Å². The molecule has 3 aromatic rings. The quantitative estimate of drug-likeness (QED) is 0.542. The van der Waals surface area contributed by atoms with Gasteiger partial charge in [0, 0.05) is 24.8 Å². The molecule has 3 nitrogen and oxygen atoms in total. The van der Waals surface area contributed by atoms with E-state index in [0.717, 1.165) is 36.4 Å². The maximum atomic E-state index is 4.41. The van der Waals surface area contributed by atoms with E-state index >= 15 is 0 Å². The number of aryl methyl sites for hydroxylation is 1. The molecule has 3 rings (SSSR count). The van der Waals surface area contributed by atoms with Gasteiger partial charge in [-0.25, -0.2) is 4.98 Å². The first-order valence-corrected chi connectivity index (χ1v) is 7.98. The van der Waals surface area contributed by atoms with Crippen LogP contribution in [0.15, 0.2) is 59.3 Å². The highest BCUT2D eigenvalue weighted by molar-refractivity contribution is 9.10. The topological polar surface area (TPSA) is 29.9 Å². The van der Waals surface area contributed by atoms with Gasteiger partial charge in [-0.3, -0.25) is 0 Å². The molecular weight excluding hydrogens is 326 g/mol. The molecule has 108 valence electrons. The van der Waals surface area contributed by atoms with Crippen molar-refractivity contribution in [2.24, 2.45) is 0 Å². The molecule has 1 aromatic carbocycles. The van der Waals surface area contributed by atoms with Gasteiger partial charge in [-0.05, 0) is 58.5 Å². The normalized spacial score (nSPS) is 11.1. The first kappa shape index (κ1) is 14.3. The van der Waals surface area contributed by atoms with Gasteiger partial charge < -0.3 is 9.88 Å². The predicted molar refractivity (Wildman–Crippen MR) is 90.2 cm³/mol. The van der Waals surface area contributed by atoms with E-state index < -0.39 is 0 Å². The lowest BCUT2D eigenvalue weighted by atomic mass is 10.2. The van der Waals surface area contributed by atoms with E-state index in [2.05, 4.69) is 67.3 Å². The number of rotatable bonds is 6. The Hall–Kier alpha value is -1.65. The van der Waals surface area contributed by atoms with E-state index in [1.54, 1.807) is 0 Å². The average Bonchev–Trinajstić information content (AvgIpc) is 2.90. The fraction of sp³-hybridized carbons (Fsp3) is 0.235. The van der Waals surface area contributed by atoms with Gasteiger partial charge in [0.1, 0.15) is 4.60 Å². The molecule has 0 aliphatic carbocycles. The van der Waals surface area contributed by atoms with Crippen molar-refractivity contribution in [3.05, 3.63) is 65.0 Å². The van der Waals surface area contributed by atoms with Gasteiger partial charge in [0.15, 0.2) is 0 Å². The van der Waals surface area contributed by atoms with Crippen LogP contribution in [-0.2, 0) is 13.1 Å². The SMILES string of the molecule is Brc1cccc(CNCCCn2ccc3ccccc32)n1. The highest BCUT2D eigenvalue weighted by Gasteiger charge is 1.99. The zero-order valence-corrected chi connectivity index (χ0v) is 13.4. The lowest BCUT2D eigenvalue weighted by Crippen LogP contribution is -2.17. The standard InChI is InChI=1S/C17H18BrN3/c18-17-8-3-6-15(20-17)13-19-10-4-11-21-12-9-14-5-1-2-7-16(14)21/h1-3,5-9,12,19H,4,10-11,13H2. The third kappa shape index (κ3) is 3.71. The summed E-state index contributed by atoms with van der Waals surface area (Å²) in [6, 6.07) is 16.7. The van der Waals surface area contributed by atoms with Crippen LogP contribution in [0.2, 0.25) is 0 Å². The summed E-state index contributed by atoms with van der Waals surface area (Å²) < 4.78 is 3.20. The molecule has 0 unspecified atom stereocenters. The predicted octanol–water partition coefficient (Wildman–Crippen LogP) is 3.98. The summed E-state index contributed by atoms with van der Waals surface area (Å²) in [7, 11) is 0. The first-order chi connectivity index (χ1) is 10.3. The molecule has 0 atom stereocenters. The Balaban J connectivity index is 1.46. The van der Waals surface area contributed by atoms with Crippen LogP contribution in [0.4, 0.5) is 0 Å². The van der Waals surface area contributed by atoms with Crippen LogP contribution in [0.1, 0.15) is 12.1 Å². The summed E-state index contributed by atoms with van der Waals surface area (Å²) in [4.78, 5) is 4.41. The molecule has 2 aromatic heterocycles. The number of hydrogen-bond donors (Lipinski definition) is 1. The van der Waals surface area contributed by atoms with Gasteiger partial charge in [-0.2, -0.15) is 0 Å². The Kier molecular flexibility index (Phi) is 4.68. The molecule has 0 aliphatic rings. The van der Waals surface area contributed by atoms with Gasteiger partial charge in [-0.15, -0.1) is 0 Å². The molecule has 1 N–H and O–H groups in total. The summed E-state index contributed by atoms with van der Waals surface area (Å²) in [5, 5.41) is 4.75. The molecule has 4 heteroatoms. The molecule has 2 heterocycles. The number of aromatic nitrogens is 2. The second-order valence-electron chi connectivity index (χ2n) is 5.05. The van der Waals surface area contributed by atoms with Crippen molar-refractivity contribution >= 4 is 26.8 Å².